The minimum absolute atomic E-state index is 0.135. The van der Waals surface area contributed by atoms with Gasteiger partial charge in [-0.25, -0.2) is 0 Å². The lowest BCUT2D eigenvalue weighted by molar-refractivity contribution is -0.127. The van der Waals surface area contributed by atoms with Crippen LogP contribution in [0.25, 0.3) is 0 Å². The Balaban J connectivity index is 1.69. The van der Waals surface area contributed by atoms with E-state index in [1.807, 2.05) is 12.1 Å². The Labute approximate surface area is 110 Å². The summed E-state index contributed by atoms with van der Waals surface area (Å²) in [4.78, 5) is 13.0. The summed E-state index contributed by atoms with van der Waals surface area (Å²) in [6.07, 6.45) is 2.54. The molecule has 0 saturated carbocycles. The molecule has 1 aromatic heterocycles. The number of hydrogen-bond donors (Lipinski definition) is 1. The normalized spacial score (nSPS) is 17.0. The maximum atomic E-state index is 11.8. The number of hydrogen-bond acceptors (Lipinski definition) is 3. The fraction of sp³-hybridized carbons (Fsp3) is 0.583. The standard InChI is InChI=1S/C12H16ClNO2S/c13-11-2-1-10(17-11)3-6-14-12(15)9-4-7-16-8-5-9/h1-2,9H,3-8H2,(H,14,15). The molecule has 1 aromatic rings. The predicted molar refractivity (Wildman–Crippen MR) is 69.6 cm³/mol. The predicted octanol–water partition coefficient (Wildman–Crippen LogP) is 2.49. The molecule has 0 radical (unpaired) electrons. The first-order chi connectivity index (χ1) is 8.25. The van der Waals surface area contributed by atoms with E-state index in [4.69, 9.17) is 16.3 Å². The summed E-state index contributed by atoms with van der Waals surface area (Å²) in [5, 5.41) is 2.98. The number of nitrogens with one attached hydrogen (secondary N) is 1. The second-order valence-corrected chi connectivity index (χ2v) is 5.93. The van der Waals surface area contributed by atoms with Crippen molar-refractivity contribution in [2.75, 3.05) is 19.8 Å². The smallest absolute Gasteiger partial charge is 0.223 e. The largest absolute Gasteiger partial charge is 0.381 e. The third-order valence-electron chi connectivity index (χ3n) is 2.89. The molecule has 0 aliphatic carbocycles. The van der Waals surface area contributed by atoms with Crippen LogP contribution < -0.4 is 5.32 Å². The van der Waals surface area contributed by atoms with Gasteiger partial charge in [-0.3, -0.25) is 4.79 Å². The van der Waals surface area contributed by atoms with Gasteiger partial charge in [-0.15, -0.1) is 11.3 Å². The highest BCUT2D eigenvalue weighted by Gasteiger charge is 2.20. The van der Waals surface area contributed by atoms with Crippen LogP contribution in [0.5, 0.6) is 0 Å². The molecule has 1 aliphatic heterocycles. The number of ether oxygens (including phenoxy) is 1. The van der Waals surface area contributed by atoms with Crippen LogP contribution in [0.4, 0.5) is 0 Å². The van der Waals surface area contributed by atoms with Gasteiger partial charge in [0.2, 0.25) is 5.91 Å². The molecule has 5 heteroatoms. The van der Waals surface area contributed by atoms with Gasteiger partial charge in [-0.05, 0) is 31.4 Å². The van der Waals surface area contributed by atoms with Crippen molar-refractivity contribution in [2.24, 2.45) is 5.92 Å². The molecule has 0 spiro atoms. The Morgan fingerprint density at radius 3 is 2.88 bits per heavy atom. The first-order valence-electron chi connectivity index (χ1n) is 5.85. The van der Waals surface area contributed by atoms with Gasteiger partial charge in [0.25, 0.3) is 0 Å². The fourth-order valence-corrected chi connectivity index (χ4v) is 2.99. The number of amides is 1. The number of carbonyl (C=O) groups excluding carboxylic acids is 1. The highest BCUT2D eigenvalue weighted by atomic mass is 35.5. The summed E-state index contributed by atoms with van der Waals surface area (Å²) in [5.41, 5.74) is 0. The molecule has 2 heterocycles. The number of rotatable bonds is 4. The van der Waals surface area contributed by atoms with Gasteiger partial charge in [0.1, 0.15) is 0 Å². The van der Waals surface area contributed by atoms with Crippen LogP contribution in [0.1, 0.15) is 17.7 Å². The summed E-state index contributed by atoms with van der Waals surface area (Å²) in [7, 11) is 0. The second kappa shape index (κ2) is 6.38. The molecule has 1 fully saturated rings. The summed E-state index contributed by atoms with van der Waals surface area (Å²) in [6.45, 7) is 2.10. The molecule has 1 amide bonds. The Bertz CT molecular complexity index is 374. The van der Waals surface area contributed by atoms with Crippen LogP contribution in [0.3, 0.4) is 0 Å². The summed E-state index contributed by atoms with van der Waals surface area (Å²) < 4.78 is 6.04. The zero-order chi connectivity index (χ0) is 12.1. The van der Waals surface area contributed by atoms with Crippen LogP contribution in [-0.2, 0) is 16.0 Å². The molecule has 2 rings (SSSR count). The van der Waals surface area contributed by atoms with Gasteiger partial charge in [-0.1, -0.05) is 11.6 Å². The molecule has 17 heavy (non-hydrogen) atoms. The van der Waals surface area contributed by atoms with Crippen molar-refractivity contribution in [1.82, 2.24) is 5.32 Å². The zero-order valence-corrected chi connectivity index (χ0v) is 11.1. The minimum atomic E-state index is 0.135. The number of halogens is 1. The second-order valence-electron chi connectivity index (χ2n) is 4.13. The van der Waals surface area contributed by atoms with Gasteiger partial charge >= 0.3 is 0 Å². The van der Waals surface area contributed by atoms with Gasteiger partial charge in [0, 0.05) is 30.6 Å². The molecular weight excluding hydrogens is 258 g/mol. The van der Waals surface area contributed by atoms with Crippen molar-refractivity contribution < 1.29 is 9.53 Å². The topological polar surface area (TPSA) is 38.3 Å². The van der Waals surface area contributed by atoms with Crippen molar-refractivity contribution in [2.45, 2.75) is 19.3 Å². The molecule has 0 bridgehead atoms. The zero-order valence-electron chi connectivity index (χ0n) is 9.58. The maximum absolute atomic E-state index is 11.8. The summed E-state index contributed by atoms with van der Waals surface area (Å²) >= 11 is 7.41. The summed E-state index contributed by atoms with van der Waals surface area (Å²) in [5.74, 6) is 0.298. The van der Waals surface area contributed by atoms with E-state index in [9.17, 15) is 4.79 Å². The molecule has 0 atom stereocenters. The highest BCUT2D eigenvalue weighted by molar-refractivity contribution is 7.16. The fourth-order valence-electron chi connectivity index (χ4n) is 1.90. The molecule has 1 N–H and O–H groups in total. The highest BCUT2D eigenvalue weighted by Crippen LogP contribution is 2.21. The van der Waals surface area contributed by atoms with E-state index in [-0.39, 0.29) is 11.8 Å². The van der Waals surface area contributed by atoms with E-state index < -0.39 is 0 Å². The van der Waals surface area contributed by atoms with Crippen molar-refractivity contribution in [3.05, 3.63) is 21.3 Å². The van der Waals surface area contributed by atoms with Crippen molar-refractivity contribution in [3.63, 3.8) is 0 Å². The Kier molecular flexibility index (Phi) is 4.83. The van der Waals surface area contributed by atoms with Gasteiger partial charge < -0.3 is 10.1 Å². The van der Waals surface area contributed by atoms with Crippen molar-refractivity contribution >= 4 is 28.8 Å². The number of carbonyl (C=O) groups is 1. The lowest BCUT2D eigenvalue weighted by atomic mass is 9.99. The van der Waals surface area contributed by atoms with Gasteiger partial charge in [0.15, 0.2) is 0 Å². The molecular formula is C12H16ClNO2S. The van der Waals surface area contributed by atoms with Gasteiger partial charge in [-0.2, -0.15) is 0 Å². The molecule has 0 unspecified atom stereocenters. The van der Waals surface area contributed by atoms with E-state index >= 15 is 0 Å². The number of thiophene rings is 1. The molecule has 1 saturated heterocycles. The molecule has 94 valence electrons. The average molecular weight is 274 g/mol. The summed E-state index contributed by atoms with van der Waals surface area (Å²) in [6, 6.07) is 3.90. The van der Waals surface area contributed by atoms with Crippen LogP contribution in [0, 0.1) is 5.92 Å². The minimum Gasteiger partial charge on any atom is -0.381 e. The van der Waals surface area contributed by atoms with Gasteiger partial charge in [0.05, 0.1) is 4.34 Å². The lowest BCUT2D eigenvalue weighted by Gasteiger charge is -2.21. The third kappa shape index (κ3) is 3.98. The first-order valence-corrected chi connectivity index (χ1v) is 7.05. The monoisotopic (exact) mass is 273 g/mol. The molecule has 1 aliphatic rings. The van der Waals surface area contributed by atoms with Crippen LogP contribution in [0.2, 0.25) is 4.34 Å². The maximum Gasteiger partial charge on any atom is 0.223 e. The Morgan fingerprint density at radius 1 is 1.47 bits per heavy atom. The SMILES string of the molecule is O=C(NCCc1ccc(Cl)s1)C1CCOCC1. The first kappa shape index (κ1) is 12.9. The van der Waals surface area contributed by atoms with E-state index in [0.717, 1.165) is 23.6 Å². The van der Waals surface area contributed by atoms with Crippen LogP contribution >= 0.6 is 22.9 Å². The van der Waals surface area contributed by atoms with Crippen LogP contribution in [-0.4, -0.2) is 25.7 Å². The Hall–Kier alpha value is -0.580. The van der Waals surface area contributed by atoms with Crippen molar-refractivity contribution in [1.29, 1.82) is 0 Å². The van der Waals surface area contributed by atoms with E-state index in [2.05, 4.69) is 5.32 Å². The van der Waals surface area contributed by atoms with E-state index in [1.54, 1.807) is 11.3 Å². The van der Waals surface area contributed by atoms with E-state index in [0.29, 0.717) is 19.8 Å². The molecule has 0 aromatic carbocycles. The van der Waals surface area contributed by atoms with E-state index in [1.165, 1.54) is 4.88 Å². The Morgan fingerprint density at radius 2 is 2.24 bits per heavy atom. The quantitative estimate of drug-likeness (QED) is 0.915. The average Bonchev–Trinajstić information content (AvgIpc) is 2.76. The molecule has 3 nitrogen and oxygen atoms in total. The lowest BCUT2D eigenvalue weighted by Crippen LogP contribution is -2.35. The van der Waals surface area contributed by atoms with Crippen LogP contribution in [0.15, 0.2) is 12.1 Å². The van der Waals surface area contributed by atoms with Crippen molar-refractivity contribution in [3.8, 4) is 0 Å². The third-order valence-corrected chi connectivity index (χ3v) is 4.18.